The number of nitrogens with zero attached hydrogens (tertiary/aromatic N) is 1. The second-order valence-electron chi connectivity index (χ2n) is 5.17. The first-order valence-electron chi connectivity index (χ1n) is 7.68. The molecule has 0 fully saturated rings. The van der Waals surface area contributed by atoms with E-state index in [4.69, 9.17) is 15.2 Å². The van der Waals surface area contributed by atoms with Gasteiger partial charge >= 0.3 is 0 Å². The van der Waals surface area contributed by atoms with Gasteiger partial charge < -0.3 is 20.1 Å². The fourth-order valence-corrected chi connectivity index (χ4v) is 2.38. The highest BCUT2D eigenvalue weighted by molar-refractivity contribution is 4.62. The first kappa shape index (κ1) is 18.8. The van der Waals surface area contributed by atoms with E-state index >= 15 is 0 Å². The Morgan fingerprint density at radius 3 is 2.21 bits per heavy atom. The monoisotopic (exact) mass is 274 g/mol. The predicted octanol–water partition coefficient (Wildman–Crippen LogP) is 2.13. The second-order valence-corrected chi connectivity index (χ2v) is 5.17. The number of rotatable bonds is 14. The Kier molecular flexibility index (Phi) is 14.1. The second kappa shape index (κ2) is 14.3. The standard InChI is InChI=1S/C15H34N2O2/c1-4-15(8-9-16)7-5-10-17(12-14-19-3)11-6-13-18-2/h15H,4-14,16H2,1-3H3. The molecule has 0 radical (unpaired) electrons. The summed E-state index contributed by atoms with van der Waals surface area (Å²) in [5, 5.41) is 0. The van der Waals surface area contributed by atoms with Crippen molar-refractivity contribution in [3.05, 3.63) is 0 Å². The molecule has 0 saturated heterocycles. The molecular weight excluding hydrogens is 240 g/mol. The summed E-state index contributed by atoms with van der Waals surface area (Å²) in [5.74, 6) is 0.799. The Bertz CT molecular complexity index is 180. The van der Waals surface area contributed by atoms with Crippen molar-refractivity contribution in [3.8, 4) is 0 Å². The molecule has 0 aromatic heterocycles. The number of hydrogen-bond donors (Lipinski definition) is 1. The average molecular weight is 274 g/mol. The number of hydrogen-bond acceptors (Lipinski definition) is 4. The van der Waals surface area contributed by atoms with Crippen molar-refractivity contribution in [2.75, 3.05) is 53.6 Å². The summed E-state index contributed by atoms with van der Waals surface area (Å²) < 4.78 is 10.3. The maximum Gasteiger partial charge on any atom is 0.0589 e. The summed E-state index contributed by atoms with van der Waals surface area (Å²) in [4.78, 5) is 2.48. The van der Waals surface area contributed by atoms with Crippen molar-refractivity contribution in [1.82, 2.24) is 4.90 Å². The van der Waals surface area contributed by atoms with Gasteiger partial charge in [-0.15, -0.1) is 0 Å². The zero-order chi connectivity index (χ0) is 14.3. The Labute approximate surface area is 119 Å². The maximum absolute atomic E-state index is 5.64. The Balaban J connectivity index is 3.81. The third kappa shape index (κ3) is 11.4. The molecule has 0 aliphatic carbocycles. The van der Waals surface area contributed by atoms with Crippen LogP contribution in [0.5, 0.6) is 0 Å². The van der Waals surface area contributed by atoms with Crippen LogP contribution in [0.4, 0.5) is 0 Å². The Morgan fingerprint density at radius 2 is 1.63 bits per heavy atom. The van der Waals surface area contributed by atoms with E-state index in [-0.39, 0.29) is 0 Å². The molecule has 116 valence electrons. The Hall–Kier alpha value is -0.160. The van der Waals surface area contributed by atoms with Crippen LogP contribution in [-0.2, 0) is 9.47 Å². The van der Waals surface area contributed by atoms with Gasteiger partial charge in [0, 0.05) is 33.9 Å². The van der Waals surface area contributed by atoms with Crippen LogP contribution in [0.1, 0.15) is 39.0 Å². The van der Waals surface area contributed by atoms with Crippen LogP contribution < -0.4 is 5.73 Å². The van der Waals surface area contributed by atoms with Crippen molar-refractivity contribution in [3.63, 3.8) is 0 Å². The molecule has 0 spiro atoms. The van der Waals surface area contributed by atoms with Gasteiger partial charge in [0.15, 0.2) is 0 Å². The van der Waals surface area contributed by atoms with Gasteiger partial charge in [0.05, 0.1) is 6.61 Å². The number of ether oxygens (including phenoxy) is 2. The molecule has 0 aromatic rings. The molecule has 0 saturated carbocycles. The van der Waals surface area contributed by atoms with E-state index in [1.54, 1.807) is 14.2 Å². The van der Waals surface area contributed by atoms with Crippen LogP contribution in [0.3, 0.4) is 0 Å². The lowest BCUT2D eigenvalue weighted by molar-refractivity contribution is 0.130. The summed E-state index contributed by atoms with van der Waals surface area (Å²) >= 11 is 0. The largest absolute Gasteiger partial charge is 0.385 e. The average Bonchev–Trinajstić information content (AvgIpc) is 2.43. The smallest absolute Gasteiger partial charge is 0.0589 e. The zero-order valence-electron chi connectivity index (χ0n) is 13.2. The van der Waals surface area contributed by atoms with E-state index in [2.05, 4.69) is 11.8 Å². The summed E-state index contributed by atoms with van der Waals surface area (Å²) in [7, 11) is 3.53. The van der Waals surface area contributed by atoms with Gasteiger partial charge in [-0.05, 0) is 44.7 Å². The molecule has 19 heavy (non-hydrogen) atoms. The zero-order valence-corrected chi connectivity index (χ0v) is 13.2. The van der Waals surface area contributed by atoms with Crippen molar-refractivity contribution in [2.45, 2.75) is 39.0 Å². The first-order valence-corrected chi connectivity index (χ1v) is 7.68. The third-order valence-electron chi connectivity index (χ3n) is 3.67. The summed E-state index contributed by atoms with van der Waals surface area (Å²) in [6, 6.07) is 0. The number of nitrogens with two attached hydrogens (primary N) is 1. The lowest BCUT2D eigenvalue weighted by Gasteiger charge is -2.23. The third-order valence-corrected chi connectivity index (χ3v) is 3.67. The lowest BCUT2D eigenvalue weighted by atomic mass is 9.96. The summed E-state index contributed by atoms with van der Waals surface area (Å²) in [6.45, 7) is 8.02. The fourth-order valence-electron chi connectivity index (χ4n) is 2.38. The van der Waals surface area contributed by atoms with Crippen LogP contribution in [0.15, 0.2) is 0 Å². The molecule has 0 rings (SSSR count). The van der Waals surface area contributed by atoms with Gasteiger partial charge in [-0.25, -0.2) is 0 Å². The molecule has 0 aliphatic heterocycles. The summed E-state index contributed by atoms with van der Waals surface area (Å²) in [5.41, 5.74) is 5.64. The van der Waals surface area contributed by atoms with E-state index in [1.807, 2.05) is 0 Å². The minimum absolute atomic E-state index is 0.799. The van der Waals surface area contributed by atoms with Gasteiger partial charge in [-0.3, -0.25) is 0 Å². The van der Waals surface area contributed by atoms with E-state index in [1.165, 1.54) is 19.3 Å². The van der Waals surface area contributed by atoms with Crippen LogP contribution >= 0.6 is 0 Å². The maximum atomic E-state index is 5.64. The van der Waals surface area contributed by atoms with Gasteiger partial charge in [-0.1, -0.05) is 13.3 Å². The van der Waals surface area contributed by atoms with Gasteiger partial charge in [0.1, 0.15) is 0 Å². The van der Waals surface area contributed by atoms with E-state index in [9.17, 15) is 0 Å². The fraction of sp³-hybridized carbons (Fsp3) is 1.00. The van der Waals surface area contributed by atoms with Gasteiger partial charge in [0.25, 0.3) is 0 Å². The van der Waals surface area contributed by atoms with E-state index in [0.29, 0.717) is 0 Å². The molecule has 0 bridgehead atoms. The molecule has 4 heteroatoms. The van der Waals surface area contributed by atoms with Crippen molar-refractivity contribution < 1.29 is 9.47 Å². The topological polar surface area (TPSA) is 47.7 Å². The van der Waals surface area contributed by atoms with Crippen molar-refractivity contribution in [1.29, 1.82) is 0 Å². The Morgan fingerprint density at radius 1 is 0.947 bits per heavy atom. The predicted molar refractivity (Wildman–Crippen MR) is 81.5 cm³/mol. The lowest BCUT2D eigenvalue weighted by Crippen LogP contribution is -2.30. The minimum Gasteiger partial charge on any atom is -0.385 e. The van der Waals surface area contributed by atoms with E-state index in [0.717, 1.165) is 58.2 Å². The molecule has 2 N–H and O–H groups in total. The van der Waals surface area contributed by atoms with Crippen LogP contribution in [0.2, 0.25) is 0 Å². The van der Waals surface area contributed by atoms with Crippen molar-refractivity contribution >= 4 is 0 Å². The first-order chi connectivity index (χ1) is 9.28. The molecule has 0 heterocycles. The van der Waals surface area contributed by atoms with Crippen LogP contribution in [-0.4, -0.2) is 58.5 Å². The molecule has 1 atom stereocenters. The normalized spacial score (nSPS) is 13.1. The van der Waals surface area contributed by atoms with E-state index < -0.39 is 0 Å². The minimum atomic E-state index is 0.799. The molecule has 0 aliphatic rings. The molecular formula is C15H34N2O2. The quantitative estimate of drug-likeness (QED) is 0.493. The van der Waals surface area contributed by atoms with Crippen molar-refractivity contribution in [2.24, 2.45) is 11.7 Å². The molecule has 0 aromatic carbocycles. The SMILES string of the molecule is CCC(CCN)CCCN(CCCOC)CCOC. The molecule has 4 nitrogen and oxygen atoms in total. The highest BCUT2D eigenvalue weighted by atomic mass is 16.5. The highest BCUT2D eigenvalue weighted by Gasteiger charge is 2.08. The summed E-state index contributed by atoms with van der Waals surface area (Å²) in [6.07, 6.45) is 6.06. The van der Waals surface area contributed by atoms with Gasteiger partial charge in [0.2, 0.25) is 0 Å². The highest BCUT2D eigenvalue weighted by Crippen LogP contribution is 2.14. The van der Waals surface area contributed by atoms with Gasteiger partial charge in [-0.2, -0.15) is 0 Å². The molecule has 1 unspecified atom stereocenters. The van der Waals surface area contributed by atoms with Crippen LogP contribution in [0.25, 0.3) is 0 Å². The molecule has 0 amide bonds. The number of methoxy groups -OCH3 is 2. The van der Waals surface area contributed by atoms with Crippen LogP contribution in [0, 0.1) is 5.92 Å².